The highest BCUT2D eigenvalue weighted by molar-refractivity contribution is 7.96. The molecule has 0 spiro atoms. The van der Waals surface area contributed by atoms with Crippen LogP contribution in [0.25, 0.3) is 0 Å². The summed E-state index contributed by atoms with van der Waals surface area (Å²) in [5.41, 5.74) is 0. The van der Waals surface area contributed by atoms with Crippen LogP contribution in [0.4, 0.5) is 4.79 Å². The van der Waals surface area contributed by atoms with Gasteiger partial charge in [0.15, 0.2) is 0 Å². The number of carbonyl (C=O) groups excluding carboxylic acids is 1. The van der Waals surface area contributed by atoms with Crippen molar-refractivity contribution in [3.63, 3.8) is 0 Å². The Balaban J connectivity index is 2.83. The minimum absolute atomic E-state index is 0.482. The molecular formula is C6H11O2S. The molecule has 0 aromatic rings. The van der Waals surface area contributed by atoms with Crippen LogP contribution in [0, 0.1) is 0 Å². The molecule has 3 heteroatoms. The van der Waals surface area contributed by atoms with Crippen molar-refractivity contribution in [3.05, 3.63) is 0 Å². The van der Waals surface area contributed by atoms with Gasteiger partial charge in [-0.1, -0.05) is 19.8 Å². The van der Waals surface area contributed by atoms with E-state index in [1.54, 1.807) is 0 Å². The molecule has 0 amide bonds. The summed E-state index contributed by atoms with van der Waals surface area (Å²) in [7, 11) is 0. The summed E-state index contributed by atoms with van der Waals surface area (Å²) < 4.78 is 4.52. The minimum atomic E-state index is -0.592. The smallest absolute Gasteiger partial charge is 0.400 e. The van der Waals surface area contributed by atoms with E-state index in [9.17, 15) is 4.79 Å². The van der Waals surface area contributed by atoms with E-state index in [1.807, 2.05) is 0 Å². The molecule has 0 bridgehead atoms. The number of rotatable bonds is 4. The Hall–Kier alpha value is -0.310. The standard InChI is InChI=1S/C6H11O2S/c1-2-3-4-5-8-6(7)9/h2-5H2,1H3. The predicted octanol–water partition coefficient (Wildman–Crippen LogP) is 2.51. The fraction of sp³-hybridized carbons (Fsp3) is 0.833. The molecule has 9 heavy (non-hydrogen) atoms. The fourth-order valence-corrected chi connectivity index (χ4v) is 0.591. The van der Waals surface area contributed by atoms with Gasteiger partial charge in [0.2, 0.25) is 0 Å². The first-order valence-corrected chi connectivity index (χ1v) is 3.52. The van der Waals surface area contributed by atoms with Gasteiger partial charge < -0.3 is 4.74 Å². The van der Waals surface area contributed by atoms with Crippen molar-refractivity contribution in [3.8, 4) is 0 Å². The molecule has 0 fully saturated rings. The maximum Gasteiger partial charge on any atom is 0.400 e. The van der Waals surface area contributed by atoms with Crippen molar-refractivity contribution in [1.82, 2.24) is 0 Å². The number of carbonyl (C=O) groups is 1. The molecule has 0 heterocycles. The van der Waals surface area contributed by atoms with Crippen molar-refractivity contribution in [1.29, 1.82) is 0 Å². The molecule has 53 valence electrons. The van der Waals surface area contributed by atoms with Gasteiger partial charge in [0, 0.05) is 12.6 Å². The molecule has 0 aliphatic rings. The molecule has 0 aliphatic heterocycles. The van der Waals surface area contributed by atoms with Gasteiger partial charge in [-0.25, -0.2) is 4.79 Å². The minimum Gasteiger partial charge on any atom is -0.454 e. The second kappa shape index (κ2) is 5.82. The van der Waals surface area contributed by atoms with E-state index in [2.05, 4.69) is 24.3 Å². The zero-order chi connectivity index (χ0) is 7.11. The summed E-state index contributed by atoms with van der Waals surface area (Å²) in [6.07, 6.45) is 3.16. The lowest BCUT2D eigenvalue weighted by Gasteiger charge is -1.96. The average Bonchev–Trinajstić information content (AvgIpc) is 1.80. The Bertz CT molecular complexity index is 83.1. The quantitative estimate of drug-likeness (QED) is 0.451. The maximum absolute atomic E-state index is 10.00. The zero-order valence-electron chi connectivity index (χ0n) is 5.55. The predicted molar refractivity (Wildman–Crippen MR) is 38.5 cm³/mol. The van der Waals surface area contributed by atoms with Crippen LogP contribution >= 0.6 is 12.6 Å². The van der Waals surface area contributed by atoms with Crippen LogP contribution in [0.15, 0.2) is 0 Å². The Labute approximate surface area is 61.0 Å². The largest absolute Gasteiger partial charge is 0.454 e. The highest BCUT2D eigenvalue weighted by atomic mass is 32.1. The Morgan fingerprint density at radius 3 is 2.67 bits per heavy atom. The molecule has 0 rings (SSSR count). The molecule has 0 aromatic carbocycles. The van der Waals surface area contributed by atoms with Crippen LogP contribution < -0.4 is 0 Å². The molecule has 1 radical (unpaired) electrons. The van der Waals surface area contributed by atoms with E-state index in [-0.39, 0.29) is 0 Å². The summed E-state index contributed by atoms with van der Waals surface area (Å²) in [6.45, 7) is 2.58. The van der Waals surface area contributed by atoms with Gasteiger partial charge in [0.05, 0.1) is 6.61 Å². The number of ether oxygens (including phenoxy) is 1. The highest BCUT2D eigenvalue weighted by Gasteiger charge is 1.92. The van der Waals surface area contributed by atoms with Crippen molar-refractivity contribution >= 4 is 17.9 Å². The van der Waals surface area contributed by atoms with Crippen molar-refractivity contribution in [2.75, 3.05) is 6.61 Å². The van der Waals surface area contributed by atoms with E-state index in [0.29, 0.717) is 6.61 Å². The molecule has 0 saturated heterocycles. The van der Waals surface area contributed by atoms with Gasteiger partial charge in [0.1, 0.15) is 0 Å². The van der Waals surface area contributed by atoms with E-state index >= 15 is 0 Å². The summed E-state index contributed by atoms with van der Waals surface area (Å²) in [5, 5.41) is -0.592. The number of hydrogen-bond acceptors (Lipinski definition) is 2. The molecule has 2 nitrogen and oxygen atoms in total. The van der Waals surface area contributed by atoms with E-state index in [1.165, 1.54) is 0 Å². The topological polar surface area (TPSA) is 26.3 Å². The lowest BCUT2D eigenvalue weighted by atomic mass is 10.3. The first kappa shape index (κ1) is 8.69. The monoisotopic (exact) mass is 147 g/mol. The summed E-state index contributed by atoms with van der Waals surface area (Å²) in [6, 6.07) is 0. The van der Waals surface area contributed by atoms with Crippen LogP contribution in [0.3, 0.4) is 0 Å². The Morgan fingerprint density at radius 1 is 1.56 bits per heavy atom. The fourth-order valence-electron chi connectivity index (χ4n) is 0.508. The summed E-state index contributed by atoms with van der Waals surface area (Å²) in [4.78, 5) is 10.00. The zero-order valence-corrected chi connectivity index (χ0v) is 6.37. The first-order valence-electron chi connectivity index (χ1n) is 3.11. The number of unbranched alkanes of at least 4 members (excludes halogenated alkanes) is 2. The molecule has 0 atom stereocenters. The van der Waals surface area contributed by atoms with Crippen LogP contribution in [0.1, 0.15) is 26.2 Å². The highest BCUT2D eigenvalue weighted by Crippen LogP contribution is 1.95. The van der Waals surface area contributed by atoms with Gasteiger partial charge in [-0.15, -0.1) is 0 Å². The molecule has 0 aliphatic carbocycles. The third-order valence-electron chi connectivity index (χ3n) is 0.968. The molecule has 0 aromatic heterocycles. The lowest BCUT2D eigenvalue weighted by Crippen LogP contribution is -1.95. The third-order valence-corrected chi connectivity index (χ3v) is 1.09. The van der Waals surface area contributed by atoms with E-state index in [0.717, 1.165) is 19.3 Å². The number of hydrogen-bond donors (Lipinski definition) is 0. The van der Waals surface area contributed by atoms with Gasteiger partial charge in [0.25, 0.3) is 0 Å². The van der Waals surface area contributed by atoms with Gasteiger partial charge in [-0.3, -0.25) is 0 Å². The molecule has 0 N–H and O–H groups in total. The molecule has 0 unspecified atom stereocenters. The van der Waals surface area contributed by atoms with Crippen LogP contribution in [0.5, 0.6) is 0 Å². The average molecular weight is 147 g/mol. The SMILES string of the molecule is CCCCCOC(=O)[S]. The molecule has 0 saturated carbocycles. The van der Waals surface area contributed by atoms with Gasteiger partial charge in [-0.05, 0) is 6.42 Å². The Morgan fingerprint density at radius 2 is 2.22 bits per heavy atom. The third kappa shape index (κ3) is 7.69. The lowest BCUT2D eigenvalue weighted by molar-refractivity contribution is 0.173. The van der Waals surface area contributed by atoms with Crippen LogP contribution in [-0.4, -0.2) is 11.9 Å². The maximum atomic E-state index is 10.00. The van der Waals surface area contributed by atoms with Crippen molar-refractivity contribution < 1.29 is 9.53 Å². The van der Waals surface area contributed by atoms with Crippen molar-refractivity contribution in [2.24, 2.45) is 0 Å². The molecular weight excluding hydrogens is 136 g/mol. The van der Waals surface area contributed by atoms with E-state index < -0.39 is 5.30 Å². The van der Waals surface area contributed by atoms with Crippen LogP contribution in [-0.2, 0) is 4.74 Å². The van der Waals surface area contributed by atoms with Crippen LogP contribution in [0.2, 0.25) is 0 Å². The summed E-state index contributed by atoms with van der Waals surface area (Å²) >= 11 is 4.17. The van der Waals surface area contributed by atoms with E-state index in [4.69, 9.17) is 0 Å². The Kier molecular flexibility index (Phi) is 5.62. The second-order valence-corrected chi connectivity index (χ2v) is 2.14. The van der Waals surface area contributed by atoms with Crippen molar-refractivity contribution in [2.45, 2.75) is 26.2 Å². The van der Waals surface area contributed by atoms with Gasteiger partial charge in [-0.2, -0.15) is 0 Å². The second-order valence-electron chi connectivity index (χ2n) is 1.81. The summed E-state index contributed by atoms with van der Waals surface area (Å²) in [5.74, 6) is 0. The first-order chi connectivity index (χ1) is 4.27. The van der Waals surface area contributed by atoms with Gasteiger partial charge >= 0.3 is 5.30 Å². The normalized spacial score (nSPS) is 9.00.